The van der Waals surface area contributed by atoms with Gasteiger partial charge in [0.25, 0.3) is 0 Å². The van der Waals surface area contributed by atoms with E-state index < -0.39 is 28.5 Å². The molecule has 1 aliphatic heterocycles. The van der Waals surface area contributed by atoms with Crippen LogP contribution in [0.3, 0.4) is 0 Å². The van der Waals surface area contributed by atoms with Crippen molar-refractivity contribution in [3.05, 3.63) is 54.1 Å². The molecule has 1 atom stereocenters. The second-order valence-electron chi connectivity index (χ2n) is 8.40. The van der Waals surface area contributed by atoms with Gasteiger partial charge in [0.15, 0.2) is 11.5 Å². The normalized spacial score (nSPS) is 13.4. The fourth-order valence-electron chi connectivity index (χ4n) is 3.73. The molecule has 2 amide bonds. The number of rotatable bonds is 10. The van der Waals surface area contributed by atoms with Gasteiger partial charge in [0.2, 0.25) is 28.6 Å². The largest absolute Gasteiger partial charge is 0.454 e. The van der Waals surface area contributed by atoms with Gasteiger partial charge in [-0.3, -0.25) is 13.9 Å². The van der Waals surface area contributed by atoms with Crippen LogP contribution in [0.4, 0.5) is 5.69 Å². The highest BCUT2D eigenvalue weighted by atomic mass is 32.2. The summed E-state index contributed by atoms with van der Waals surface area (Å²) in [5.74, 6) is 0.140. The third-order valence-electron chi connectivity index (χ3n) is 5.34. The zero-order chi connectivity index (χ0) is 24.9. The van der Waals surface area contributed by atoms with E-state index in [9.17, 15) is 18.0 Å². The van der Waals surface area contributed by atoms with E-state index in [4.69, 9.17) is 9.47 Å². The zero-order valence-electron chi connectivity index (χ0n) is 19.9. The van der Waals surface area contributed by atoms with Crippen molar-refractivity contribution in [2.45, 2.75) is 45.8 Å². The Labute approximate surface area is 200 Å². The maximum Gasteiger partial charge on any atom is 0.244 e. The van der Waals surface area contributed by atoms with E-state index in [1.807, 2.05) is 51.1 Å². The Morgan fingerprint density at radius 3 is 2.35 bits per heavy atom. The van der Waals surface area contributed by atoms with Gasteiger partial charge in [-0.2, -0.15) is 0 Å². The van der Waals surface area contributed by atoms with E-state index in [0.717, 1.165) is 16.1 Å². The Hall–Kier alpha value is -3.27. The number of sulfonamides is 1. The van der Waals surface area contributed by atoms with E-state index in [-0.39, 0.29) is 31.0 Å². The molecule has 0 fully saturated rings. The van der Waals surface area contributed by atoms with Crippen molar-refractivity contribution < 1.29 is 27.5 Å². The van der Waals surface area contributed by atoms with Crippen LogP contribution in [0.15, 0.2) is 48.5 Å². The molecule has 34 heavy (non-hydrogen) atoms. The van der Waals surface area contributed by atoms with Crippen molar-refractivity contribution >= 4 is 27.5 Å². The van der Waals surface area contributed by atoms with Gasteiger partial charge in [-0.15, -0.1) is 0 Å². The average molecular weight is 490 g/mol. The molecule has 3 rings (SSSR count). The van der Waals surface area contributed by atoms with Crippen LogP contribution in [0.25, 0.3) is 0 Å². The standard InChI is InChI=1S/C24H31N3O6S/c1-5-20(24(29)25-17(2)3)26(14-18-9-7-6-8-10-18)23(28)15-27(34(4,30)31)19-11-12-21-22(13-19)33-16-32-21/h6-13,17,20H,5,14-16H2,1-4H3,(H,25,29)/t20-/m1/s1. The summed E-state index contributed by atoms with van der Waals surface area (Å²) in [5.41, 5.74) is 1.11. The summed E-state index contributed by atoms with van der Waals surface area (Å²) >= 11 is 0. The Bertz CT molecular complexity index is 1120. The second kappa shape index (κ2) is 10.8. The molecule has 0 spiro atoms. The van der Waals surface area contributed by atoms with Gasteiger partial charge < -0.3 is 19.7 Å². The molecule has 0 saturated carbocycles. The third kappa shape index (κ3) is 6.19. The Morgan fingerprint density at radius 1 is 1.06 bits per heavy atom. The van der Waals surface area contributed by atoms with Crippen molar-refractivity contribution in [3.63, 3.8) is 0 Å². The summed E-state index contributed by atoms with van der Waals surface area (Å²) in [4.78, 5) is 28.0. The van der Waals surface area contributed by atoms with Gasteiger partial charge >= 0.3 is 0 Å². The summed E-state index contributed by atoms with van der Waals surface area (Å²) < 4.78 is 37.0. The highest BCUT2D eigenvalue weighted by Gasteiger charge is 2.32. The number of amides is 2. The smallest absolute Gasteiger partial charge is 0.244 e. The summed E-state index contributed by atoms with van der Waals surface area (Å²) in [7, 11) is -3.82. The number of ether oxygens (including phenoxy) is 2. The second-order valence-corrected chi connectivity index (χ2v) is 10.3. The Balaban J connectivity index is 1.93. The molecular formula is C24H31N3O6S. The zero-order valence-corrected chi connectivity index (χ0v) is 20.7. The Kier molecular flexibility index (Phi) is 8.03. The van der Waals surface area contributed by atoms with Gasteiger partial charge in [0, 0.05) is 18.7 Å². The lowest BCUT2D eigenvalue weighted by Crippen LogP contribution is -2.53. The molecule has 1 N–H and O–H groups in total. The van der Waals surface area contributed by atoms with E-state index in [1.165, 1.54) is 11.0 Å². The average Bonchev–Trinajstić information content (AvgIpc) is 3.24. The first kappa shape index (κ1) is 25.4. The summed E-state index contributed by atoms with van der Waals surface area (Å²) in [5, 5.41) is 2.86. The molecular weight excluding hydrogens is 458 g/mol. The van der Waals surface area contributed by atoms with Crippen molar-refractivity contribution in [1.82, 2.24) is 10.2 Å². The molecule has 9 nitrogen and oxygen atoms in total. The maximum absolute atomic E-state index is 13.6. The fourth-order valence-corrected chi connectivity index (χ4v) is 4.58. The molecule has 10 heteroatoms. The van der Waals surface area contributed by atoms with Crippen molar-refractivity contribution in [3.8, 4) is 11.5 Å². The van der Waals surface area contributed by atoms with Crippen LogP contribution in [0.5, 0.6) is 11.5 Å². The first-order valence-corrected chi connectivity index (χ1v) is 13.0. The number of carbonyl (C=O) groups excluding carboxylic acids is 2. The lowest BCUT2D eigenvalue weighted by molar-refractivity contribution is -0.140. The quantitative estimate of drug-likeness (QED) is 0.550. The predicted molar refractivity (Wildman–Crippen MR) is 129 cm³/mol. The Morgan fingerprint density at radius 2 is 1.74 bits per heavy atom. The first-order chi connectivity index (χ1) is 16.1. The third-order valence-corrected chi connectivity index (χ3v) is 6.48. The molecule has 0 aromatic heterocycles. The molecule has 1 heterocycles. The number of fused-ring (bicyclic) bond motifs is 1. The summed E-state index contributed by atoms with van der Waals surface area (Å²) in [6, 6.07) is 13.1. The number of anilines is 1. The van der Waals surface area contributed by atoms with Crippen LogP contribution >= 0.6 is 0 Å². The minimum absolute atomic E-state index is 0.0462. The molecule has 0 radical (unpaired) electrons. The van der Waals surface area contributed by atoms with Gasteiger partial charge in [-0.1, -0.05) is 37.3 Å². The predicted octanol–water partition coefficient (Wildman–Crippen LogP) is 2.51. The molecule has 1 aliphatic rings. The highest BCUT2D eigenvalue weighted by Crippen LogP contribution is 2.36. The van der Waals surface area contributed by atoms with Crippen LogP contribution < -0.4 is 19.1 Å². The maximum atomic E-state index is 13.6. The monoisotopic (exact) mass is 489 g/mol. The molecule has 0 aliphatic carbocycles. The molecule has 0 bridgehead atoms. The lowest BCUT2D eigenvalue weighted by Gasteiger charge is -2.33. The molecule has 0 saturated heterocycles. The SMILES string of the molecule is CC[C@H](C(=O)NC(C)C)N(Cc1ccccc1)C(=O)CN(c1ccc2c(c1)OCO2)S(C)(=O)=O. The van der Waals surface area contributed by atoms with Crippen molar-refractivity contribution in [2.75, 3.05) is 23.9 Å². The van der Waals surface area contributed by atoms with Crippen LogP contribution in [0.2, 0.25) is 0 Å². The van der Waals surface area contributed by atoms with Crippen molar-refractivity contribution in [1.29, 1.82) is 0 Å². The molecule has 2 aromatic carbocycles. The van der Waals surface area contributed by atoms with Crippen molar-refractivity contribution in [2.24, 2.45) is 0 Å². The van der Waals surface area contributed by atoms with Crippen LogP contribution in [0.1, 0.15) is 32.8 Å². The summed E-state index contributed by atoms with van der Waals surface area (Å²) in [6.07, 6.45) is 1.41. The first-order valence-electron chi connectivity index (χ1n) is 11.1. The van der Waals surface area contributed by atoms with E-state index in [0.29, 0.717) is 17.9 Å². The van der Waals surface area contributed by atoms with E-state index in [1.54, 1.807) is 12.1 Å². The number of nitrogens with zero attached hydrogens (tertiary/aromatic N) is 2. The highest BCUT2D eigenvalue weighted by molar-refractivity contribution is 7.92. The van der Waals surface area contributed by atoms with Gasteiger partial charge in [0.1, 0.15) is 12.6 Å². The topological polar surface area (TPSA) is 105 Å². The minimum Gasteiger partial charge on any atom is -0.454 e. The summed E-state index contributed by atoms with van der Waals surface area (Å²) in [6.45, 7) is 5.27. The molecule has 2 aromatic rings. The lowest BCUT2D eigenvalue weighted by atomic mass is 10.1. The van der Waals surface area contributed by atoms with Gasteiger partial charge in [0.05, 0.1) is 11.9 Å². The van der Waals surface area contributed by atoms with Gasteiger partial charge in [-0.25, -0.2) is 8.42 Å². The van der Waals surface area contributed by atoms with E-state index in [2.05, 4.69) is 5.32 Å². The molecule has 184 valence electrons. The number of hydrogen-bond donors (Lipinski definition) is 1. The number of carbonyl (C=O) groups is 2. The minimum atomic E-state index is -3.82. The number of benzene rings is 2. The number of hydrogen-bond acceptors (Lipinski definition) is 6. The van der Waals surface area contributed by atoms with E-state index >= 15 is 0 Å². The van der Waals surface area contributed by atoms with Crippen LogP contribution in [-0.4, -0.2) is 56.8 Å². The fraction of sp³-hybridized carbons (Fsp3) is 0.417. The van der Waals surface area contributed by atoms with Gasteiger partial charge in [-0.05, 0) is 38.0 Å². The van der Waals surface area contributed by atoms with Crippen LogP contribution in [0, 0.1) is 0 Å². The number of nitrogens with one attached hydrogen (secondary N) is 1. The van der Waals surface area contributed by atoms with Crippen LogP contribution in [-0.2, 0) is 26.2 Å². The molecule has 0 unspecified atom stereocenters.